The molecule has 4 heteroatoms. The highest BCUT2D eigenvalue weighted by molar-refractivity contribution is 5.48. The molecule has 0 radical (unpaired) electrons. The van der Waals surface area contributed by atoms with Crippen LogP contribution in [0.2, 0.25) is 0 Å². The molecule has 2 rings (SSSR count). The SMILES string of the molecule is C=Cc1ccc(F)c(C(F)(F)F)c1.C=Cc1ccccc1. The summed E-state index contributed by atoms with van der Waals surface area (Å²) in [7, 11) is 0. The van der Waals surface area contributed by atoms with Gasteiger partial charge in [0.15, 0.2) is 0 Å². The number of rotatable bonds is 2. The Morgan fingerprint density at radius 1 is 0.810 bits per heavy atom. The number of benzene rings is 2. The molecule has 0 fully saturated rings. The van der Waals surface area contributed by atoms with Gasteiger partial charge in [-0.15, -0.1) is 0 Å². The summed E-state index contributed by atoms with van der Waals surface area (Å²) >= 11 is 0. The van der Waals surface area contributed by atoms with E-state index in [1.807, 2.05) is 36.4 Å². The molecule has 110 valence electrons. The van der Waals surface area contributed by atoms with E-state index in [2.05, 4.69) is 13.2 Å². The first-order valence-electron chi connectivity index (χ1n) is 6.05. The molecule has 0 unspecified atom stereocenters. The van der Waals surface area contributed by atoms with Gasteiger partial charge < -0.3 is 0 Å². The maximum absolute atomic E-state index is 12.6. The van der Waals surface area contributed by atoms with Crippen molar-refractivity contribution < 1.29 is 17.6 Å². The Hall–Kier alpha value is -2.36. The van der Waals surface area contributed by atoms with Gasteiger partial charge in [0.1, 0.15) is 5.82 Å². The predicted octanol–water partition coefficient (Wildman–Crippen LogP) is 5.82. The molecule has 0 aromatic heterocycles. The summed E-state index contributed by atoms with van der Waals surface area (Å²) < 4.78 is 48.9. The van der Waals surface area contributed by atoms with Crippen molar-refractivity contribution in [2.24, 2.45) is 0 Å². The van der Waals surface area contributed by atoms with Gasteiger partial charge in [0.05, 0.1) is 5.56 Å². The average Bonchev–Trinajstić information content (AvgIpc) is 2.48. The standard InChI is InChI=1S/C9H6F4.C8H8/c1-2-6-3-4-8(10)7(5-6)9(11,12)13;1-2-8-6-4-3-5-7-8/h2-5H,1H2;2-7H,1H2. The van der Waals surface area contributed by atoms with Gasteiger partial charge in [-0.2, -0.15) is 13.2 Å². The minimum atomic E-state index is -4.65. The van der Waals surface area contributed by atoms with Crippen LogP contribution >= 0.6 is 0 Å². The first-order chi connectivity index (χ1) is 9.88. The zero-order valence-electron chi connectivity index (χ0n) is 11.2. The van der Waals surface area contributed by atoms with E-state index in [0.29, 0.717) is 0 Å². The summed E-state index contributed by atoms with van der Waals surface area (Å²) in [6.07, 6.45) is -1.59. The zero-order chi connectivity index (χ0) is 15.9. The summed E-state index contributed by atoms with van der Waals surface area (Å²) in [5, 5.41) is 0. The molecule has 0 nitrogen and oxygen atoms in total. The molecular formula is C17H14F4. The van der Waals surface area contributed by atoms with Crippen LogP contribution in [0.1, 0.15) is 16.7 Å². The van der Waals surface area contributed by atoms with Crippen LogP contribution in [-0.2, 0) is 6.18 Å². The van der Waals surface area contributed by atoms with Crippen molar-refractivity contribution in [1.82, 2.24) is 0 Å². The van der Waals surface area contributed by atoms with Gasteiger partial charge in [0.25, 0.3) is 0 Å². The molecule has 0 heterocycles. The van der Waals surface area contributed by atoms with Crippen molar-refractivity contribution in [3.05, 3.63) is 84.2 Å². The van der Waals surface area contributed by atoms with Gasteiger partial charge in [0.2, 0.25) is 0 Å². The summed E-state index contributed by atoms with van der Waals surface area (Å²) in [6.45, 7) is 6.92. The van der Waals surface area contributed by atoms with Crippen LogP contribution in [0.25, 0.3) is 12.2 Å². The van der Waals surface area contributed by atoms with Crippen molar-refractivity contribution >= 4 is 12.2 Å². The monoisotopic (exact) mass is 294 g/mol. The largest absolute Gasteiger partial charge is 0.419 e. The van der Waals surface area contributed by atoms with E-state index in [-0.39, 0.29) is 5.56 Å². The minimum absolute atomic E-state index is 0.244. The van der Waals surface area contributed by atoms with Crippen LogP contribution in [0.4, 0.5) is 17.6 Å². The fourth-order valence-electron chi connectivity index (χ4n) is 1.48. The third kappa shape index (κ3) is 5.26. The molecule has 0 bridgehead atoms. The van der Waals surface area contributed by atoms with Crippen LogP contribution in [-0.4, -0.2) is 0 Å². The molecule has 0 atom stereocenters. The van der Waals surface area contributed by atoms with Crippen LogP contribution in [0.5, 0.6) is 0 Å². The summed E-state index contributed by atoms with van der Waals surface area (Å²) in [6, 6.07) is 12.8. The van der Waals surface area contributed by atoms with Crippen molar-refractivity contribution in [2.45, 2.75) is 6.18 Å². The second kappa shape index (κ2) is 7.43. The first-order valence-corrected chi connectivity index (χ1v) is 6.05. The molecule has 0 N–H and O–H groups in total. The normalized spacial score (nSPS) is 10.3. The first kappa shape index (κ1) is 16.7. The predicted molar refractivity (Wildman–Crippen MR) is 78.0 cm³/mol. The zero-order valence-corrected chi connectivity index (χ0v) is 11.2. The second-order valence-electron chi connectivity index (χ2n) is 4.06. The molecule has 0 aliphatic carbocycles. The van der Waals surface area contributed by atoms with Gasteiger partial charge in [0, 0.05) is 0 Å². The molecule has 0 amide bonds. The van der Waals surface area contributed by atoms with Gasteiger partial charge in [-0.25, -0.2) is 4.39 Å². The van der Waals surface area contributed by atoms with E-state index in [1.54, 1.807) is 0 Å². The Bertz CT molecular complexity index is 598. The number of hydrogen-bond acceptors (Lipinski definition) is 0. The quantitative estimate of drug-likeness (QED) is 0.612. The van der Waals surface area contributed by atoms with Crippen molar-refractivity contribution in [3.8, 4) is 0 Å². The van der Waals surface area contributed by atoms with Gasteiger partial charge in [-0.1, -0.05) is 61.7 Å². The molecule has 0 aliphatic heterocycles. The number of halogens is 4. The van der Waals surface area contributed by atoms with E-state index in [1.165, 1.54) is 17.7 Å². The Labute approximate surface area is 121 Å². The fourth-order valence-corrected chi connectivity index (χ4v) is 1.48. The van der Waals surface area contributed by atoms with Gasteiger partial charge >= 0.3 is 6.18 Å². The topological polar surface area (TPSA) is 0 Å². The molecular weight excluding hydrogens is 280 g/mol. The van der Waals surface area contributed by atoms with E-state index in [4.69, 9.17) is 0 Å². The Balaban J connectivity index is 0.000000235. The third-order valence-corrected chi connectivity index (χ3v) is 2.57. The maximum Gasteiger partial charge on any atom is 0.419 e. The number of hydrogen-bond donors (Lipinski definition) is 0. The van der Waals surface area contributed by atoms with Gasteiger partial charge in [-0.05, 0) is 23.3 Å². The molecule has 2 aromatic rings. The molecule has 0 saturated carbocycles. The number of alkyl halides is 3. The highest BCUT2D eigenvalue weighted by Gasteiger charge is 2.33. The second-order valence-corrected chi connectivity index (χ2v) is 4.06. The third-order valence-electron chi connectivity index (χ3n) is 2.57. The molecule has 21 heavy (non-hydrogen) atoms. The van der Waals surface area contributed by atoms with Gasteiger partial charge in [-0.3, -0.25) is 0 Å². The molecule has 0 saturated heterocycles. The lowest BCUT2D eigenvalue weighted by atomic mass is 10.1. The van der Waals surface area contributed by atoms with E-state index >= 15 is 0 Å². The molecule has 0 aliphatic rings. The summed E-state index contributed by atoms with van der Waals surface area (Å²) in [5.74, 6) is -1.27. The molecule has 2 aromatic carbocycles. The maximum atomic E-state index is 12.6. The van der Waals surface area contributed by atoms with E-state index in [9.17, 15) is 17.6 Å². The fraction of sp³-hybridized carbons (Fsp3) is 0.0588. The lowest BCUT2D eigenvalue weighted by molar-refractivity contribution is -0.140. The van der Waals surface area contributed by atoms with E-state index in [0.717, 1.165) is 12.1 Å². The highest BCUT2D eigenvalue weighted by atomic mass is 19.4. The average molecular weight is 294 g/mol. The minimum Gasteiger partial charge on any atom is -0.206 e. The Morgan fingerprint density at radius 3 is 1.81 bits per heavy atom. The summed E-state index contributed by atoms with van der Waals surface area (Å²) in [4.78, 5) is 0. The summed E-state index contributed by atoms with van der Waals surface area (Å²) in [5.41, 5.74) is 0.158. The van der Waals surface area contributed by atoms with Crippen LogP contribution in [0.15, 0.2) is 61.7 Å². The molecule has 0 spiro atoms. The smallest absolute Gasteiger partial charge is 0.206 e. The Morgan fingerprint density at radius 2 is 1.38 bits per heavy atom. The van der Waals surface area contributed by atoms with Crippen molar-refractivity contribution in [2.75, 3.05) is 0 Å². The van der Waals surface area contributed by atoms with Crippen LogP contribution in [0.3, 0.4) is 0 Å². The van der Waals surface area contributed by atoms with Crippen LogP contribution in [0, 0.1) is 5.82 Å². The Kier molecular flexibility index (Phi) is 5.91. The van der Waals surface area contributed by atoms with Crippen LogP contribution < -0.4 is 0 Å². The lowest BCUT2D eigenvalue weighted by Gasteiger charge is -2.08. The van der Waals surface area contributed by atoms with E-state index < -0.39 is 17.6 Å². The highest BCUT2D eigenvalue weighted by Crippen LogP contribution is 2.31. The van der Waals surface area contributed by atoms with Crippen molar-refractivity contribution in [3.63, 3.8) is 0 Å². The van der Waals surface area contributed by atoms with Crippen molar-refractivity contribution in [1.29, 1.82) is 0 Å². The lowest BCUT2D eigenvalue weighted by Crippen LogP contribution is -2.08.